The summed E-state index contributed by atoms with van der Waals surface area (Å²) in [6, 6.07) is 0. The van der Waals surface area contributed by atoms with Crippen molar-refractivity contribution in [1.82, 2.24) is 4.90 Å². The van der Waals surface area contributed by atoms with Gasteiger partial charge in [-0.25, -0.2) is 4.79 Å². The molecular formula is C16H31NO5. The number of nitrogens with zero attached hydrogens (tertiary/aromatic N) is 1. The van der Waals surface area contributed by atoms with Crippen LogP contribution in [-0.2, 0) is 18.9 Å². The fraction of sp³-hybridized carbons (Fsp3) is 0.938. The normalized spacial score (nSPS) is 22.1. The second-order valence-electron chi connectivity index (χ2n) is 6.64. The van der Waals surface area contributed by atoms with Crippen LogP contribution in [0.3, 0.4) is 0 Å². The molecule has 0 aromatic heterocycles. The fourth-order valence-corrected chi connectivity index (χ4v) is 2.40. The average molecular weight is 317 g/mol. The van der Waals surface area contributed by atoms with Crippen LogP contribution in [0.25, 0.3) is 0 Å². The van der Waals surface area contributed by atoms with Crippen LogP contribution in [0.2, 0.25) is 0 Å². The van der Waals surface area contributed by atoms with Gasteiger partial charge >= 0.3 is 6.09 Å². The Bertz CT molecular complexity index is 342. The molecule has 1 atom stereocenters. The highest BCUT2D eigenvalue weighted by Crippen LogP contribution is 2.29. The standard InChI is InChI=1S/C16H31NO5/c1-6-16(21-12-11-20-10-9-19-5)7-8-17(13-16)14(18)22-15(2,3)4/h6-13H2,1-5H3. The topological polar surface area (TPSA) is 57.2 Å². The van der Waals surface area contributed by atoms with Crippen molar-refractivity contribution in [2.45, 2.75) is 51.7 Å². The van der Waals surface area contributed by atoms with Crippen molar-refractivity contribution in [3.63, 3.8) is 0 Å². The largest absolute Gasteiger partial charge is 0.444 e. The minimum Gasteiger partial charge on any atom is -0.444 e. The first-order chi connectivity index (χ1) is 10.3. The molecule has 1 amide bonds. The lowest BCUT2D eigenvalue weighted by Crippen LogP contribution is -2.40. The molecule has 22 heavy (non-hydrogen) atoms. The average Bonchev–Trinajstić information content (AvgIpc) is 2.86. The summed E-state index contributed by atoms with van der Waals surface area (Å²) in [7, 11) is 1.65. The molecule has 130 valence electrons. The molecule has 1 aliphatic heterocycles. The summed E-state index contributed by atoms with van der Waals surface area (Å²) in [5.41, 5.74) is -0.744. The Balaban J connectivity index is 2.37. The van der Waals surface area contributed by atoms with Gasteiger partial charge in [-0.3, -0.25) is 0 Å². The Morgan fingerprint density at radius 1 is 1.18 bits per heavy atom. The van der Waals surface area contributed by atoms with Crippen LogP contribution in [0.15, 0.2) is 0 Å². The number of carbonyl (C=O) groups excluding carboxylic acids is 1. The van der Waals surface area contributed by atoms with E-state index in [-0.39, 0.29) is 11.7 Å². The van der Waals surface area contributed by atoms with Gasteiger partial charge < -0.3 is 23.8 Å². The molecule has 0 saturated carbocycles. The van der Waals surface area contributed by atoms with Gasteiger partial charge in [0, 0.05) is 13.7 Å². The Morgan fingerprint density at radius 3 is 2.45 bits per heavy atom. The van der Waals surface area contributed by atoms with Gasteiger partial charge in [-0.1, -0.05) is 6.92 Å². The van der Waals surface area contributed by atoms with Gasteiger partial charge in [-0.05, 0) is 33.6 Å². The van der Waals surface area contributed by atoms with Crippen LogP contribution >= 0.6 is 0 Å². The van der Waals surface area contributed by atoms with Gasteiger partial charge in [-0.15, -0.1) is 0 Å². The molecule has 6 heteroatoms. The number of ether oxygens (including phenoxy) is 4. The number of carbonyl (C=O) groups is 1. The second kappa shape index (κ2) is 8.70. The molecule has 0 aliphatic carbocycles. The summed E-state index contributed by atoms with van der Waals surface area (Å²) < 4.78 is 21.8. The molecule has 1 unspecified atom stereocenters. The lowest BCUT2D eigenvalue weighted by molar-refractivity contribution is -0.0671. The van der Waals surface area contributed by atoms with E-state index in [4.69, 9.17) is 18.9 Å². The Kier molecular flexibility index (Phi) is 7.59. The minimum absolute atomic E-state index is 0.261. The van der Waals surface area contributed by atoms with E-state index in [1.807, 2.05) is 20.8 Å². The van der Waals surface area contributed by atoms with Gasteiger partial charge in [0.15, 0.2) is 0 Å². The maximum Gasteiger partial charge on any atom is 0.410 e. The maximum absolute atomic E-state index is 12.1. The molecule has 0 spiro atoms. The third-order valence-electron chi connectivity index (χ3n) is 3.68. The third-order valence-corrected chi connectivity index (χ3v) is 3.68. The van der Waals surface area contributed by atoms with Crippen molar-refractivity contribution in [2.24, 2.45) is 0 Å². The first-order valence-electron chi connectivity index (χ1n) is 8.00. The molecule has 1 fully saturated rings. The molecule has 0 aromatic carbocycles. The lowest BCUT2D eigenvalue weighted by Gasteiger charge is -2.29. The summed E-state index contributed by atoms with van der Waals surface area (Å²) in [4.78, 5) is 13.9. The predicted molar refractivity (Wildman–Crippen MR) is 84.1 cm³/mol. The van der Waals surface area contributed by atoms with Crippen LogP contribution in [0.1, 0.15) is 40.5 Å². The SMILES string of the molecule is CCC1(OCCOCCOC)CCN(C(=O)OC(C)(C)C)C1. The molecule has 1 aliphatic rings. The van der Waals surface area contributed by atoms with Crippen molar-refractivity contribution in [3.8, 4) is 0 Å². The maximum atomic E-state index is 12.1. The lowest BCUT2D eigenvalue weighted by atomic mass is 10.00. The zero-order valence-corrected chi connectivity index (χ0v) is 14.6. The zero-order chi connectivity index (χ0) is 16.6. The van der Waals surface area contributed by atoms with Gasteiger partial charge in [0.2, 0.25) is 0 Å². The van der Waals surface area contributed by atoms with Crippen LogP contribution in [-0.4, -0.2) is 68.8 Å². The van der Waals surface area contributed by atoms with E-state index in [0.29, 0.717) is 39.5 Å². The Labute approximate surface area is 134 Å². The monoisotopic (exact) mass is 317 g/mol. The zero-order valence-electron chi connectivity index (χ0n) is 14.6. The van der Waals surface area contributed by atoms with Crippen molar-refractivity contribution >= 4 is 6.09 Å². The van der Waals surface area contributed by atoms with E-state index in [0.717, 1.165) is 12.8 Å². The Hall–Kier alpha value is -0.850. The van der Waals surface area contributed by atoms with Crippen LogP contribution in [0, 0.1) is 0 Å². The van der Waals surface area contributed by atoms with Crippen LogP contribution < -0.4 is 0 Å². The molecular weight excluding hydrogens is 286 g/mol. The van der Waals surface area contributed by atoms with E-state index < -0.39 is 5.60 Å². The highest BCUT2D eigenvalue weighted by Gasteiger charge is 2.40. The van der Waals surface area contributed by atoms with E-state index in [1.54, 1.807) is 12.0 Å². The van der Waals surface area contributed by atoms with E-state index >= 15 is 0 Å². The number of rotatable bonds is 8. The predicted octanol–water partition coefficient (Wildman–Crippen LogP) is 2.46. The number of hydrogen-bond donors (Lipinski definition) is 0. The van der Waals surface area contributed by atoms with Gasteiger partial charge in [0.05, 0.1) is 38.6 Å². The molecule has 0 radical (unpaired) electrons. The highest BCUT2D eigenvalue weighted by molar-refractivity contribution is 5.68. The summed E-state index contributed by atoms with van der Waals surface area (Å²) in [6.45, 7) is 11.2. The van der Waals surface area contributed by atoms with E-state index in [2.05, 4.69) is 6.92 Å². The minimum atomic E-state index is -0.468. The molecule has 0 N–H and O–H groups in total. The fourth-order valence-electron chi connectivity index (χ4n) is 2.40. The molecule has 1 rings (SSSR count). The summed E-state index contributed by atoms with van der Waals surface area (Å²) >= 11 is 0. The van der Waals surface area contributed by atoms with Crippen molar-refractivity contribution in [3.05, 3.63) is 0 Å². The van der Waals surface area contributed by atoms with Crippen molar-refractivity contribution in [2.75, 3.05) is 46.6 Å². The van der Waals surface area contributed by atoms with Crippen molar-refractivity contribution in [1.29, 1.82) is 0 Å². The molecule has 0 bridgehead atoms. The van der Waals surface area contributed by atoms with E-state index in [1.165, 1.54) is 0 Å². The summed E-state index contributed by atoms with van der Waals surface area (Å²) in [6.07, 6.45) is 1.44. The number of hydrogen-bond acceptors (Lipinski definition) is 5. The van der Waals surface area contributed by atoms with Crippen LogP contribution in [0.5, 0.6) is 0 Å². The molecule has 1 saturated heterocycles. The van der Waals surface area contributed by atoms with Gasteiger partial charge in [-0.2, -0.15) is 0 Å². The third kappa shape index (κ3) is 6.50. The smallest absolute Gasteiger partial charge is 0.410 e. The van der Waals surface area contributed by atoms with Gasteiger partial charge in [0.1, 0.15) is 5.60 Å². The number of likely N-dealkylation sites (tertiary alicyclic amines) is 1. The van der Waals surface area contributed by atoms with Gasteiger partial charge in [0.25, 0.3) is 0 Å². The molecule has 0 aromatic rings. The molecule has 1 heterocycles. The second-order valence-corrected chi connectivity index (χ2v) is 6.64. The van der Waals surface area contributed by atoms with Crippen molar-refractivity contribution < 1.29 is 23.7 Å². The van der Waals surface area contributed by atoms with Crippen LogP contribution in [0.4, 0.5) is 4.79 Å². The van der Waals surface area contributed by atoms with E-state index in [9.17, 15) is 4.79 Å². The quantitative estimate of drug-likeness (QED) is 0.644. The first-order valence-corrected chi connectivity index (χ1v) is 8.00. The number of amides is 1. The first kappa shape index (κ1) is 19.2. The Morgan fingerprint density at radius 2 is 1.86 bits per heavy atom. The highest BCUT2D eigenvalue weighted by atomic mass is 16.6. The summed E-state index contributed by atoms with van der Waals surface area (Å²) in [5, 5.41) is 0. The molecule has 6 nitrogen and oxygen atoms in total. The number of methoxy groups -OCH3 is 1. The summed E-state index contributed by atoms with van der Waals surface area (Å²) in [5.74, 6) is 0.